The Kier molecular flexibility index (Phi) is 3.99. The highest BCUT2D eigenvalue weighted by Crippen LogP contribution is 2.08. The van der Waals surface area contributed by atoms with Crippen molar-refractivity contribution in [3.05, 3.63) is 58.7 Å². The largest absolute Gasteiger partial charge is 0.478 e. The molecule has 2 aromatic rings. The van der Waals surface area contributed by atoms with Crippen LogP contribution in [0.5, 0.6) is 0 Å². The van der Waals surface area contributed by atoms with Gasteiger partial charge in [0.1, 0.15) is 0 Å². The molecule has 2 rings (SSSR count). The quantitative estimate of drug-likeness (QED) is 0.775. The van der Waals surface area contributed by atoms with Crippen LogP contribution in [-0.2, 0) is 4.74 Å². The van der Waals surface area contributed by atoms with Crippen LogP contribution in [0.25, 0.3) is 5.69 Å². The highest BCUT2D eigenvalue weighted by atomic mass is 32.1. The van der Waals surface area contributed by atoms with E-state index < -0.39 is 0 Å². The number of ether oxygens (including phenoxy) is 1. The highest BCUT2D eigenvalue weighted by molar-refractivity contribution is 7.07. The van der Waals surface area contributed by atoms with Crippen LogP contribution < -0.4 is 4.80 Å². The summed E-state index contributed by atoms with van der Waals surface area (Å²) in [6.45, 7) is 8.35. The fourth-order valence-electron chi connectivity index (χ4n) is 1.56. The van der Waals surface area contributed by atoms with E-state index in [-0.39, 0.29) is 0 Å². The lowest BCUT2D eigenvalue weighted by Gasteiger charge is -2.04. The van der Waals surface area contributed by atoms with Gasteiger partial charge >= 0.3 is 0 Å². The monoisotopic (exact) mass is 260 g/mol. The number of nitrogens with zero attached hydrogens (tertiary/aromatic N) is 2. The molecule has 94 valence electrons. The van der Waals surface area contributed by atoms with Crippen LogP contribution in [0.3, 0.4) is 0 Å². The Balaban J connectivity index is 2.39. The second-order valence-electron chi connectivity index (χ2n) is 3.83. The van der Waals surface area contributed by atoms with Crippen LogP contribution in [0.2, 0.25) is 0 Å². The molecule has 0 aliphatic rings. The van der Waals surface area contributed by atoms with Gasteiger partial charge in [0, 0.05) is 17.3 Å². The predicted octanol–water partition coefficient (Wildman–Crippen LogP) is 3.26. The lowest BCUT2D eigenvalue weighted by atomic mass is 10.2. The number of aromatic nitrogens is 1. The van der Waals surface area contributed by atoms with Gasteiger partial charge in [-0.3, -0.25) is 4.57 Å². The maximum atomic E-state index is 5.26. The van der Waals surface area contributed by atoms with Gasteiger partial charge in [-0.15, -0.1) is 11.3 Å². The first-order chi connectivity index (χ1) is 8.70. The van der Waals surface area contributed by atoms with Crippen molar-refractivity contribution in [2.24, 2.45) is 4.99 Å². The molecule has 0 bridgehead atoms. The molecule has 0 unspecified atom stereocenters. The molecule has 0 amide bonds. The zero-order valence-electron chi connectivity index (χ0n) is 10.6. The molecular weight excluding hydrogens is 244 g/mol. The van der Waals surface area contributed by atoms with Gasteiger partial charge in [0.05, 0.1) is 6.61 Å². The summed E-state index contributed by atoms with van der Waals surface area (Å²) in [7, 11) is 0. The minimum atomic E-state index is 0.445. The van der Waals surface area contributed by atoms with Crippen LogP contribution in [-0.4, -0.2) is 11.2 Å². The second-order valence-corrected chi connectivity index (χ2v) is 4.70. The van der Waals surface area contributed by atoms with E-state index in [1.54, 1.807) is 11.3 Å². The van der Waals surface area contributed by atoms with Gasteiger partial charge in [-0.2, -0.15) is 4.99 Å². The Morgan fingerprint density at radius 2 is 2.11 bits per heavy atom. The average Bonchev–Trinajstić information content (AvgIpc) is 2.78. The molecule has 0 saturated heterocycles. The first kappa shape index (κ1) is 12.6. The minimum Gasteiger partial charge on any atom is -0.478 e. The number of thiazole rings is 1. The third-order valence-corrected chi connectivity index (χ3v) is 3.19. The molecule has 0 saturated carbocycles. The van der Waals surface area contributed by atoms with Crippen molar-refractivity contribution in [3.63, 3.8) is 0 Å². The van der Waals surface area contributed by atoms with E-state index in [9.17, 15) is 0 Å². The molecule has 0 N–H and O–H groups in total. The van der Waals surface area contributed by atoms with Crippen molar-refractivity contribution in [1.82, 2.24) is 4.57 Å². The van der Waals surface area contributed by atoms with Gasteiger partial charge in [0.15, 0.2) is 4.80 Å². The van der Waals surface area contributed by atoms with Crippen molar-refractivity contribution < 1.29 is 4.74 Å². The lowest BCUT2D eigenvalue weighted by molar-refractivity contribution is 0.227. The first-order valence-electron chi connectivity index (χ1n) is 5.80. The van der Waals surface area contributed by atoms with Crippen LogP contribution in [0, 0.1) is 6.92 Å². The zero-order chi connectivity index (χ0) is 13.0. The van der Waals surface area contributed by atoms with E-state index >= 15 is 0 Å². The summed E-state index contributed by atoms with van der Waals surface area (Å²) in [5.41, 5.74) is 2.33. The molecule has 3 nitrogen and oxygen atoms in total. The van der Waals surface area contributed by atoms with E-state index in [1.807, 2.05) is 23.1 Å². The van der Waals surface area contributed by atoms with Crippen LogP contribution in [0.4, 0.5) is 0 Å². The molecule has 0 spiro atoms. The number of rotatable bonds is 4. The molecule has 4 heteroatoms. The molecule has 0 atom stereocenters. The number of hydrogen-bond acceptors (Lipinski definition) is 3. The standard InChI is InChI=1S/C14H16N2OS/c1-4-17-12(3)15-14-16(9-10-18-14)13-7-5-11(2)6-8-13/h5-10H,3-4H2,1-2H3/b15-14-. The molecule has 0 radical (unpaired) electrons. The van der Waals surface area contributed by atoms with Gasteiger partial charge in [0.2, 0.25) is 5.88 Å². The summed E-state index contributed by atoms with van der Waals surface area (Å²) in [6, 6.07) is 8.32. The maximum Gasteiger partial charge on any atom is 0.208 e. The van der Waals surface area contributed by atoms with Crippen molar-refractivity contribution in [2.45, 2.75) is 13.8 Å². The van der Waals surface area contributed by atoms with E-state index in [4.69, 9.17) is 4.74 Å². The summed E-state index contributed by atoms with van der Waals surface area (Å²) in [5, 5.41) is 2.00. The van der Waals surface area contributed by atoms with E-state index in [0.717, 1.165) is 10.5 Å². The predicted molar refractivity (Wildman–Crippen MR) is 74.7 cm³/mol. The fourth-order valence-corrected chi connectivity index (χ4v) is 2.30. The van der Waals surface area contributed by atoms with Crippen LogP contribution in [0.1, 0.15) is 12.5 Å². The molecule has 1 aromatic carbocycles. The Morgan fingerprint density at radius 3 is 2.78 bits per heavy atom. The first-order valence-corrected chi connectivity index (χ1v) is 6.68. The Hall–Kier alpha value is -1.81. The van der Waals surface area contributed by atoms with Crippen molar-refractivity contribution in [1.29, 1.82) is 0 Å². The summed E-state index contributed by atoms with van der Waals surface area (Å²) in [5.74, 6) is 0.445. The van der Waals surface area contributed by atoms with Gasteiger partial charge in [0.25, 0.3) is 0 Å². The Labute approximate surface area is 111 Å². The summed E-state index contributed by atoms with van der Waals surface area (Å²) >= 11 is 1.56. The Bertz CT molecular complexity index is 593. The van der Waals surface area contributed by atoms with Crippen LogP contribution in [0.15, 0.2) is 53.3 Å². The fraction of sp³-hybridized carbons (Fsp3) is 0.214. The van der Waals surface area contributed by atoms with Crippen molar-refractivity contribution in [3.8, 4) is 5.69 Å². The Morgan fingerprint density at radius 1 is 1.39 bits per heavy atom. The smallest absolute Gasteiger partial charge is 0.208 e. The lowest BCUT2D eigenvalue weighted by Crippen LogP contribution is -2.12. The summed E-state index contributed by atoms with van der Waals surface area (Å²) < 4.78 is 7.28. The van der Waals surface area contributed by atoms with Gasteiger partial charge < -0.3 is 4.74 Å². The topological polar surface area (TPSA) is 26.5 Å². The average molecular weight is 260 g/mol. The maximum absolute atomic E-state index is 5.26. The zero-order valence-corrected chi connectivity index (χ0v) is 11.4. The molecule has 18 heavy (non-hydrogen) atoms. The third-order valence-electron chi connectivity index (χ3n) is 2.43. The number of benzene rings is 1. The summed E-state index contributed by atoms with van der Waals surface area (Å²) in [6.07, 6.45) is 1.99. The van der Waals surface area contributed by atoms with E-state index in [2.05, 4.69) is 42.8 Å². The van der Waals surface area contributed by atoms with Crippen LogP contribution >= 0.6 is 11.3 Å². The van der Waals surface area contributed by atoms with E-state index in [0.29, 0.717) is 12.5 Å². The normalized spacial score (nSPS) is 11.6. The third kappa shape index (κ3) is 2.90. The molecule has 0 aliphatic heterocycles. The summed E-state index contributed by atoms with van der Waals surface area (Å²) in [4.78, 5) is 5.23. The molecule has 1 heterocycles. The minimum absolute atomic E-state index is 0.445. The number of hydrogen-bond donors (Lipinski definition) is 0. The van der Waals surface area contributed by atoms with Crippen molar-refractivity contribution >= 4 is 11.3 Å². The highest BCUT2D eigenvalue weighted by Gasteiger charge is 1.99. The SMILES string of the molecule is C=C(/N=c1\sccn1-c1ccc(C)cc1)OCC. The molecule has 0 aliphatic carbocycles. The number of aryl methyl sites for hydroxylation is 1. The molecule has 1 aromatic heterocycles. The molecule has 0 fully saturated rings. The van der Waals surface area contributed by atoms with E-state index in [1.165, 1.54) is 5.56 Å². The van der Waals surface area contributed by atoms with Gasteiger partial charge in [-0.1, -0.05) is 17.7 Å². The van der Waals surface area contributed by atoms with Gasteiger partial charge in [-0.25, -0.2) is 0 Å². The molecular formula is C14H16N2OS. The second kappa shape index (κ2) is 5.69. The van der Waals surface area contributed by atoms with Crippen molar-refractivity contribution in [2.75, 3.05) is 6.61 Å². The van der Waals surface area contributed by atoms with Gasteiger partial charge in [-0.05, 0) is 32.6 Å².